The molecule has 26 heavy (non-hydrogen) atoms. The van der Waals surface area contributed by atoms with Crippen molar-refractivity contribution in [3.05, 3.63) is 35.4 Å². The number of benzene rings is 1. The number of amides is 1. The monoisotopic (exact) mass is 359 g/mol. The predicted molar refractivity (Wildman–Crippen MR) is 98.8 cm³/mol. The molecule has 1 amide bonds. The van der Waals surface area contributed by atoms with Crippen molar-refractivity contribution in [1.29, 1.82) is 0 Å². The number of carbonyl (C=O) groups is 2. The van der Waals surface area contributed by atoms with Gasteiger partial charge in [0.25, 0.3) is 5.91 Å². The number of carboxylic acids is 1. The van der Waals surface area contributed by atoms with Crippen molar-refractivity contribution in [3.8, 4) is 0 Å². The second kappa shape index (κ2) is 8.21. The maximum atomic E-state index is 13.1. The van der Waals surface area contributed by atoms with Gasteiger partial charge in [-0.05, 0) is 36.3 Å². The molecule has 5 nitrogen and oxygen atoms in total. The Morgan fingerprint density at radius 1 is 1.31 bits per heavy atom. The van der Waals surface area contributed by atoms with Crippen molar-refractivity contribution < 1.29 is 19.4 Å². The standard InChI is InChI=1S/C21H29NO4/c1-3-19(26-16-9-6-7-14(2)11-16)20(23)22-12-15-8-4-5-10-17(15)18(13-22)21(24)25/h4-5,8,10,14,16,18-19H,3,6-7,9,11-13H2,1-2H3,(H,24,25). The molecule has 1 saturated carbocycles. The van der Waals surface area contributed by atoms with Gasteiger partial charge in [-0.2, -0.15) is 0 Å². The summed E-state index contributed by atoms with van der Waals surface area (Å²) in [6.07, 6.45) is 4.66. The maximum absolute atomic E-state index is 13.1. The Hall–Kier alpha value is -1.88. The van der Waals surface area contributed by atoms with Gasteiger partial charge in [0.1, 0.15) is 6.10 Å². The third-order valence-electron chi connectivity index (χ3n) is 5.70. The van der Waals surface area contributed by atoms with Crippen LogP contribution in [0.4, 0.5) is 0 Å². The van der Waals surface area contributed by atoms with Gasteiger partial charge in [0.15, 0.2) is 0 Å². The summed E-state index contributed by atoms with van der Waals surface area (Å²) in [4.78, 5) is 26.4. The highest BCUT2D eigenvalue weighted by atomic mass is 16.5. The third kappa shape index (κ3) is 4.09. The van der Waals surface area contributed by atoms with Crippen LogP contribution >= 0.6 is 0 Å². The van der Waals surface area contributed by atoms with E-state index in [4.69, 9.17) is 4.74 Å². The first kappa shape index (κ1) is 18.9. The topological polar surface area (TPSA) is 66.8 Å². The Morgan fingerprint density at radius 2 is 2.08 bits per heavy atom. The molecule has 1 aliphatic heterocycles. The van der Waals surface area contributed by atoms with E-state index in [1.165, 1.54) is 6.42 Å². The number of carbonyl (C=O) groups excluding carboxylic acids is 1. The van der Waals surface area contributed by atoms with Gasteiger partial charge >= 0.3 is 5.97 Å². The van der Waals surface area contributed by atoms with Gasteiger partial charge in [-0.25, -0.2) is 0 Å². The minimum atomic E-state index is -0.884. The lowest BCUT2D eigenvalue weighted by Gasteiger charge is -2.36. The molecule has 2 aliphatic rings. The average Bonchev–Trinajstić information content (AvgIpc) is 2.64. The van der Waals surface area contributed by atoms with E-state index >= 15 is 0 Å². The molecule has 0 radical (unpaired) electrons. The van der Waals surface area contributed by atoms with Crippen molar-refractivity contribution >= 4 is 11.9 Å². The Morgan fingerprint density at radius 3 is 2.77 bits per heavy atom. The highest BCUT2D eigenvalue weighted by Crippen LogP contribution is 2.31. The maximum Gasteiger partial charge on any atom is 0.312 e. The van der Waals surface area contributed by atoms with Crippen LogP contribution in [0.1, 0.15) is 63.0 Å². The first-order valence-corrected chi connectivity index (χ1v) is 9.74. The molecule has 1 heterocycles. The zero-order valence-corrected chi connectivity index (χ0v) is 15.7. The molecule has 4 unspecified atom stereocenters. The second-order valence-corrected chi connectivity index (χ2v) is 7.74. The van der Waals surface area contributed by atoms with Gasteiger partial charge < -0.3 is 14.7 Å². The molecule has 1 aromatic rings. The first-order chi connectivity index (χ1) is 12.5. The molecule has 3 rings (SSSR count). The molecule has 0 aromatic heterocycles. The fourth-order valence-corrected chi connectivity index (χ4v) is 4.25. The summed E-state index contributed by atoms with van der Waals surface area (Å²) < 4.78 is 6.17. The molecule has 1 fully saturated rings. The van der Waals surface area contributed by atoms with Gasteiger partial charge in [0.2, 0.25) is 0 Å². The Labute approximate surface area is 155 Å². The van der Waals surface area contributed by atoms with Crippen LogP contribution in [0, 0.1) is 5.92 Å². The van der Waals surface area contributed by atoms with Gasteiger partial charge in [-0.1, -0.05) is 51.0 Å². The van der Waals surface area contributed by atoms with Crippen LogP contribution in [0.2, 0.25) is 0 Å². The van der Waals surface area contributed by atoms with E-state index in [2.05, 4.69) is 6.92 Å². The van der Waals surface area contributed by atoms with Gasteiger partial charge in [-0.3, -0.25) is 9.59 Å². The molecule has 5 heteroatoms. The molecule has 0 spiro atoms. The number of carboxylic acid groups (broad SMARTS) is 1. The smallest absolute Gasteiger partial charge is 0.312 e. The van der Waals surface area contributed by atoms with Crippen molar-refractivity contribution in [2.45, 2.75) is 70.6 Å². The molecule has 0 saturated heterocycles. The zero-order chi connectivity index (χ0) is 18.7. The van der Waals surface area contributed by atoms with Crippen molar-refractivity contribution in [2.75, 3.05) is 6.54 Å². The number of hydrogen-bond acceptors (Lipinski definition) is 3. The summed E-state index contributed by atoms with van der Waals surface area (Å²) in [5.41, 5.74) is 1.74. The molecular weight excluding hydrogens is 330 g/mol. The molecule has 1 N–H and O–H groups in total. The Balaban J connectivity index is 1.72. The van der Waals surface area contributed by atoms with E-state index in [1.54, 1.807) is 4.90 Å². The largest absolute Gasteiger partial charge is 0.481 e. The summed E-state index contributed by atoms with van der Waals surface area (Å²) >= 11 is 0. The summed E-state index contributed by atoms with van der Waals surface area (Å²) in [5, 5.41) is 9.60. The van der Waals surface area contributed by atoms with Crippen molar-refractivity contribution in [2.24, 2.45) is 5.92 Å². The van der Waals surface area contributed by atoms with Crippen molar-refractivity contribution in [3.63, 3.8) is 0 Å². The fourth-order valence-electron chi connectivity index (χ4n) is 4.25. The summed E-state index contributed by atoms with van der Waals surface area (Å²) in [7, 11) is 0. The fraction of sp³-hybridized carbons (Fsp3) is 0.619. The number of fused-ring (bicyclic) bond motifs is 1. The van der Waals surface area contributed by atoms with Crippen LogP contribution in [0.15, 0.2) is 24.3 Å². The van der Waals surface area contributed by atoms with E-state index in [0.717, 1.165) is 30.4 Å². The number of aliphatic carboxylic acids is 1. The summed E-state index contributed by atoms with van der Waals surface area (Å²) in [6, 6.07) is 7.51. The Bertz CT molecular complexity index is 659. The lowest BCUT2D eigenvalue weighted by molar-refractivity contribution is -0.152. The van der Waals surface area contributed by atoms with Crippen LogP contribution in [-0.2, 0) is 20.9 Å². The normalized spacial score (nSPS) is 26.8. The van der Waals surface area contributed by atoms with Crippen LogP contribution in [-0.4, -0.2) is 40.6 Å². The van der Waals surface area contributed by atoms with Crippen LogP contribution in [0.25, 0.3) is 0 Å². The van der Waals surface area contributed by atoms with E-state index < -0.39 is 18.0 Å². The molecule has 142 valence electrons. The zero-order valence-electron chi connectivity index (χ0n) is 15.7. The molecule has 0 bridgehead atoms. The van der Waals surface area contributed by atoms with Gasteiger partial charge in [-0.15, -0.1) is 0 Å². The SMILES string of the molecule is CCC(OC1CCCC(C)C1)C(=O)N1Cc2ccccc2C(C(=O)O)C1. The van der Waals surface area contributed by atoms with Crippen LogP contribution < -0.4 is 0 Å². The minimum absolute atomic E-state index is 0.0773. The van der Waals surface area contributed by atoms with E-state index in [1.807, 2.05) is 31.2 Å². The number of rotatable bonds is 5. The number of nitrogens with zero attached hydrogens (tertiary/aromatic N) is 1. The van der Waals surface area contributed by atoms with Gasteiger partial charge in [0, 0.05) is 13.1 Å². The van der Waals surface area contributed by atoms with Crippen molar-refractivity contribution in [1.82, 2.24) is 4.90 Å². The average molecular weight is 359 g/mol. The van der Waals surface area contributed by atoms with E-state index in [-0.39, 0.29) is 18.6 Å². The van der Waals surface area contributed by atoms with E-state index in [0.29, 0.717) is 18.9 Å². The number of hydrogen-bond donors (Lipinski definition) is 1. The molecule has 1 aromatic carbocycles. The molecule has 1 aliphatic carbocycles. The minimum Gasteiger partial charge on any atom is -0.481 e. The third-order valence-corrected chi connectivity index (χ3v) is 5.70. The number of ether oxygens (including phenoxy) is 1. The molecule has 4 atom stereocenters. The summed E-state index contributed by atoms with van der Waals surface area (Å²) in [5.74, 6) is -0.993. The highest BCUT2D eigenvalue weighted by Gasteiger charge is 2.35. The second-order valence-electron chi connectivity index (χ2n) is 7.74. The summed E-state index contributed by atoms with van der Waals surface area (Å²) in [6.45, 7) is 4.87. The predicted octanol–water partition coefficient (Wildman–Crippen LogP) is 3.57. The molecular formula is C21H29NO4. The van der Waals surface area contributed by atoms with E-state index in [9.17, 15) is 14.7 Å². The van der Waals surface area contributed by atoms with Gasteiger partial charge in [0.05, 0.1) is 12.0 Å². The van der Waals surface area contributed by atoms with Crippen LogP contribution in [0.5, 0.6) is 0 Å². The van der Waals surface area contributed by atoms with Crippen LogP contribution in [0.3, 0.4) is 0 Å². The first-order valence-electron chi connectivity index (χ1n) is 9.74. The Kier molecular flexibility index (Phi) is 5.97. The lowest BCUT2D eigenvalue weighted by Crippen LogP contribution is -2.46. The lowest BCUT2D eigenvalue weighted by atomic mass is 9.88. The highest BCUT2D eigenvalue weighted by molar-refractivity contribution is 5.84. The quantitative estimate of drug-likeness (QED) is 0.873.